The normalized spacial score (nSPS) is 16.3. The van der Waals surface area contributed by atoms with Gasteiger partial charge in [0.25, 0.3) is 5.56 Å². The van der Waals surface area contributed by atoms with E-state index < -0.39 is 0 Å². The van der Waals surface area contributed by atoms with Gasteiger partial charge in [0.15, 0.2) is 5.82 Å². The summed E-state index contributed by atoms with van der Waals surface area (Å²) in [5, 5.41) is 14.9. The van der Waals surface area contributed by atoms with Crippen LogP contribution in [-0.4, -0.2) is 24.5 Å². The minimum absolute atomic E-state index is 0.0597. The van der Waals surface area contributed by atoms with E-state index in [4.69, 9.17) is 0 Å². The lowest BCUT2D eigenvalue weighted by molar-refractivity contribution is 0.248. The highest BCUT2D eigenvalue weighted by molar-refractivity contribution is 5.92. The molecule has 1 aromatic carbocycles. The first kappa shape index (κ1) is 15.1. The van der Waals surface area contributed by atoms with Crippen LogP contribution in [-0.2, 0) is 19.5 Å². The predicted molar refractivity (Wildman–Crippen MR) is 92.8 cm³/mol. The molecule has 24 heavy (non-hydrogen) atoms. The Morgan fingerprint density at radius 2 is 1.92 bits per heavy atom. The van der Waals surface area contributed by atoms with Crippen molar-refractivity contribution in [2.75, 3.05) is 0 Å². The molecule has 0 fully saturated rings. The van der Waals surface area contributed by atoms with Crippen LogP contribution in [0.25, 0.3) is 22.3 Å². The van der Waals surface area contributed by atoms with Crippen molar-refractivity contribution in [3.63, 3.8) is 0 Å². The highest BCUT2D eigenvalue weighted by Crippen LogP contribution is 2.33. The number of hydrogen-bond acceptors (Lipinski definition) is 4. The van der Waals surface area contributed by atoms with Crippen LogP contribution >= 0.6 is 0 Å². The van der Waals surface area contributed by atoms with Crippen LogP contribution in [0.5, 0.6) is 0 Å². The van der Waals surface area contributed by atoms with Gasteiger partial charge < -0.3 is 4.57 Å². The molecule has 124 valence electrons. The minimum atomic E-state index is -0.0597. The standard InChI is InChI=1S/C18H21N5O/c1-4-23-17(24)13-8-6-5-7-12(13)15(21-23)16-20-19-14-9-10-18(2,3)11-22(14)16/h5-8H,4,9-11H2,1-3H3. The van der Waals surface area contributed by atoms with Crippen molar-refractivity contribution in [3.8, 4) is 11.5 Å². The van der Waals surface area contributed by atoms with E-state index in [1.807, 2.05) is 31.2 Å². The predicted octanol–water partition coefficient (Wildman–Crippen LogP) is 2.65. The van der Waals surface area contributed by atoms with E-state index in [0.717, 1.165) is 42.1 Å². The lowest BCUT2D eigenvalue weighted by Gasteiger charge is -2.30. The molecule has 0 radical (unpaired) electrons. The van der Waals surface area contributed by atoms with Gasteiger partial charge in [0, 0.05) is 24.9 Å². The van der Waals surface area contributed by atoms with Gasteiger partial charge in [-0.3, -0.25) is 4.79 Å². The van der Waals surface area contributed by atoms with Crippen molar-refractivity contribution in [2.24, 2.45) is 5.41 Å². The van der Waals surface area contributed by atoms with Crippen LogP contribution in [0.4, 0.5) is 0 Å². The van der Waals surface area contributed by atoms with E-state index in [0.29, 0.717) is 11.9 Å². The molecule has 3 heterocycles. The average molecular weight is 323 g/mol. The second kappa shape index (κ2) is 5.26. The Labute approximate surface area is 140 Å². The largest absolute Gasteiger partial charge is 0.309 e. The SMILES string of the molecule is CCn1nc(-c2nnc3n2CC(C)(C)CC3)c2ccccc2c1=O. The summed E-state index contributed by atoms with van der Waals surface area (Å²) in [6.07, 6.45) is 2.03. The van der Waals surface area contributed by atoms with Crippen molar-refractivity contribution in [1.82, 2.24) is 24.5 Å². The summed E-state index contributed by atoms with van der Waals surface area (Å²) >= 11 is 0. The fraction of sp³-hybridized carbons (Fsp3) is 0.444. The molecule has 2 aromatic heterocycles. The molecular formula is C18H21N5O. The van der Waals surface area contributed by atoms with E-state index in [2.05, 4.69) is 33.7 Å². The van der Waals surface area contributed by atoms with E-state index in [1.165, 1.54) is 4.68 Å². The number of hydrogen-bond donors (Lipinski definition) is 0. The molecule has 1 aliphatic heterocycles. The summed E-state index contributed by atoms with van der Waals surface area (Å²) in [4.78, 5) is 12.5. The Bertz CT molecular complexity index is 983. The van der Waals surface area contributed by atoms with Gasteiger partial charge in [-0.2, -0.15) is 5.10 Å². The first-order valence-corrected chi connectivity index (χ1v) is 8.42. The van der Waals surface area contributed by atoms with Crippen LogP contribution in [0, 0.1) is 5.41 Å². The highest BCUT2D eigenvalue weighted by atomic mass is 16.1. The first-order valence-electron chi connectivity index (χ1n) is 8.42. The van der Waals surface area contributed by atoms with Gasteiger partial charge in [0.05, 0.1) is 5.39 Å². The van der Waals surface area contributed by atoms with E-state index in [9.17, 15) is 4.79 Å². The molecule has 1 aliphatic rings. The van der Waals surface area contributed by atoms with Gasteiger partial charge in [-0.1, -0.05) is 32.0 Å². The van der Waals surface area contributed by atoms with Crippen molar-refractivity contribution >= 4 is 10.8 Å². The van der Waals surface area contributed by atoms with Crippen molar-refractivity contribution in [1.29, 1.82) is 0 Å². The zero-order valence-corrected chi connectivity index (χ0v) is 14.3. The molecule has 0 spiro atoms. The Kier molecular flexibility index (Phi) is 3.30. The summed E-state index contributed by atoms with van der Waals surface area (Å²) in [6, 6.07) is 7.61. The van der Waals surface area contributed by atoms with Crippen LogP contribution in [0.3, 0.4) is 0 Å². The number of aryl methyl sites for hydroxylation is 2. The third-order valence-corrected chi connectivity index (χ3v) is 4.82. The molecule has 0 saturated carbocycles. The molecule has 4 rings (SSSR count). The van der Waals surface area contributed by atoms with Crippen LogP contribution in [0.2, 0.25) is 0 Å². The topological polar surface area (TPSA) is 65.6 Å². The number of benzene rings is 1. The van der Waals surface area contributed by atoms with Crippen LogP contribution < -0.4 is 5.56 Å². The third-order valence-electron chi connectivity index (χ3n) is 4.82. The Hall–Kier alpha value is -2.50. The second-order valence-electron chi connectivity index (χ2n) is 7.21. The molecule has 0 N–H and O–H groups in total. The number of nitrogens with zero attached hydrogens (tertiary/aromatic N) is 5. The summed E-state index contributed by atoms with van der Waals surface area (Å²) < 4.78 is 3.68. The van der Waals surface area contributed by atoms with Gasteiger partial charge in [0.1, 0.15) is 11.5 Å². The van der Waals surface area contributed by atoms with Gasteiger partial charge in [-0.15, -0.1) is 10.2 Å². The van der Waals surface area contributed by atoms with Gasteiger partial charge >= 0.3 is 0 Å². The fourth-order valence-electron chi connectivity index (χ4n) is 3.43. The first-order chi connectivity index (χ1) is 11.5. The third kappa shape index (κ3) is 2.25. The summed E-state index contributed by atoms with van der Waals surface area (Å²) in [7, 11) is 0. The number of rotatable bonds is 2. The second-order valence-corrected chi connectivity index (χ2v) is 7.21. The lowest BCUT2D eigenvalue weighted by atomic mass is 9.85. The highest BCUT2D eigenvalue weighted by Gasteiger charge is 2.30. The van der Waals surface area contributed by atoms with Crippen LogP contribution in [0.1, 0.15) is 33.0 Å². The maximum Gasteiger partial charge on any atom is 0.274 e. The minimum Gasteiger partial charge on any atom is -0.309 e. The van der Waals surface area contributed by atoms with E-state index >= 15 is 0 Å². The Balaban J connectivity index is 2.01. The molecule has 0 bridgehead atoms. The summed E-state index contributed by atoms with van der Waals surface area (Å²) in [5.41, 5.74) is 0.887. The molecule has 6 nitrogen and oxygen atoms in total. The molecule has 0 atom stereocenters. The van der Waals surface area contributed by atoms with Crippen LogP contribution in [0.15, 0.2) is 29.1 Å². The molecule has 6 heteroatoms. The summed E-state index contributed by atoms with van der Waals surface area (Å²) in [6.45, 7) is 7.85. The van der Waals surface area contributed by atoms with E-state index in [-0.39, 0.29) is 11.0 Å². The number of fused-ring (bicyclic) bond motifs is 2. The molecule has 0 saturated heterocycles. The molecule has 0 amide bonds. The summed E-state index contributed by atoms with van der Waals surface area (Å²) in [5.74, 6) is 1.76. The quantitative estimate of drug-likeness (QED) is 0.727. The molecule has 0 unspecified atom stereocenters. The maximum absolute atomic E-state index is 12.5. The zero-order valence-electron chi connectivity index (χ0n) is 14.3. The molecular weight excluding hydrogens is 302 g/mol. The lowest BCUT2D eigenvalue weighted by Crippen LogP contribution is -2.28. The van der Waals surface area contributed by atoms with Gasteiger partial charge in [-0.05, 0) is 24.8 Å². The monoisotopic (exact) mass is 323 g/mol. The molecule has 3 aromatic rings. The van der Waals surface area contributed by atoms with E-state index in [1.54, 1.807) is 0 Å². The number of aromatic nitrogens is 5. The fourth-order valence-corrected chi connectivity index (χ4v) is 3.43. The van der Waals surface area contributed by atoms with Crippen molar-refractivity contribution in [2.45, 2.75) is 46.7 Å². The van der Waals surface area contributed by atoms with Gasteiger partial charge in [0.2, 0.25) is 0 Å². The van der Waals surface area contributed by atoms with Gasteiger partial charge in [-0.25, -0.2) is 4.68 Å². The average Bonchev–Trinajstić information content (AvgIpc) is 2.97. The molecule has 0 aliphatic carbocycles. The Morgan fingerprint density at radius 1 is 1.17 bits per heavy atom. The zero-order chi connectivity index (χ0) is 16.9. The smallest absolute Gasteiger partial charge is 0.274 e. The Morgan fingerprint density at radius 3 is 2.67 bits per heavy atom. The van der Waals surface area contributed by atoms with Crippen molar-refractivity contribution < 1.29 is 0 Å². The van der Waals surface area contributed by atoms with Crippen molar-refractivity contribution in [3.05, 3.63) is 40.4 Å². The maximum atomic E-state index is 12.5.